The number of allylic oxidation sites excluding steroid dienone is 2. The van der Waals surface area contributed by atoms with Crippen LogP contribution in [-0.2, 0) is 9.59 Å². The lowest BCUT2D eigenvalue weighted by molar-refractivity contribution is -0.228. The van der Waals surface area contributed by atoms with Gasteiger partial charge in [0.25, 0.3) is 0 Å². The van der Waals surface area contributed by atoms with Gasteiger partial charge in [-0.1, -0.05) is 62.3 Å². The van der Waals surface area contributed by atoms with Crippen LogP contribution in [0.5, 0.6) is 0 Å². The molecule has 0 amide bonds. The molecule has 5 rings (SSSR count). The summed E-state index contributed by atoms with van der Waals surface area (Å²) >= 11 is 0. The average molecular weight is 511 g/mol. The normalized spacial score (nSPS) is 47.0. The minimum atomic E-state index is -0.535. The van der Waals surface area contributed by atoms with Crippen molar-refractivity contribution < 1.29 is 14.7 Å². The molecule has 0 unspecified atom stereocenters. The number of aliphatic hydroxyl groups excluding tert-OH is 1. The van der Waals surface area contributed by atoms with Crippen molar-refractivity contribution in [3.8, 4) is 0 Å². The van der Waals surface area contributed by atoms with Gasteiger partial charge in [-0.25, -0.2) is 0 Å². The third-order valence-corrected chi connectivity index (χ3v) is 13.5. The summed E-state index contributed by atoms with van der Waals surface area (Å²) < 4.78 is 0. The van der Waals surface area contributed by atoms with Crippen LogP contribution in [-0.4, -0.2) is 22.8 Å². The van der Waals surface area contributed by atoms with Crippen LogP contribution < -0.4 is 0 Å². The van der Waals surface area contributed by atoms with Gasteiger partial charge in [0, 0.05) is 12.8 Å². The van der Waals surface area contributed by atoms with E-state index in [4.69, 9.17) is 0 Å². The number of fused-ring (bicyclic) bond motifs is 7. The Bertz CT molecular complexity index is 1020. The molecule has 0 aromatic rings. The van der Waals surface area contributed by atoms with Gasteiger partial charge < -0.3 is 5.11 Å². The van der Waals surface area contributed by atoms with E-state index in [0.29, 0.717) is 42.3 Å². The van der Waals surface area contributed by atoms with Gasteiger partial charge >= 0.3 is 0 Å². The summed E-state index contributed by atoms with van der Waals surface area (Å²) in [5.74, 6) is 2.62. The molecule has 37 heavy (non-hydrogen) atoms. The van der Waals surface area contributed by atoms with E-state index in [1.807, 2.05) is 0 Å². The summed E-state index contributed by atoms with van der Waals surface area (Å²) in [6.07, 6.45) is 9.45. The van der Waals surface area contributed by atoms with Gasteiger partial charge in [-0.3, -0.25) is 9.59 Å². The van der Waals surface area contributed by atoms with Crippen LogP contribution >= 0.6 is 0 Å². The van der Waals surface area contributed by atoms with Crippen molar-refractivity contribution in [2.45, 2.75) is 133 Å². The van der Waals surface area contributed by atoms with Gasteiger partial charge in [0.05, 0.1) is 11.5 Å². The molecule has 0 radical (unpaired) electrons. The molecule has 208 valence electrons. The zero-order valence-corrected chi connectivity index (χ0v) is 25.3. The molecule has 0 aromatic heterocycles. The molecule has 3 heteroatoms. The first kappa shape index (κ1) is 27.6. The summed E-state index contributed by atoms with van der Waals surface area (Å²) in [7, 11) is 0. The van der Waals surface area contributed by atoms with Crippen molar-refractivity contribution in [2.75, 3.05) is 0 Å². The first-order chi connectivity index (χ1) is 17.1. The van der Waals surface area contributed by atoms with E-state index in [1.165, 1.54) is 24.8 Å². The average Bonchev–Trinajstić information content (AvgIpc) is 3.10. The number of carbonyl (C=O) groups is 2. The summed E-state index contributed by atoms with van der Waals surface area (Å²) in [5.41, 5.74) is 2.29. The summed E-state index contributed by atoms with van der Waals surface area (Å²) in [6, 6.07) is 0. The Morgan fingerprint density at radius 3 is 2.16 bits per heavy atom. The number of carbonyl (C=O) groups excluding carboxylic acids is 2. The van der Waals surface area contributed by atoms with Crippen molar-refractivity contribution in [1.29, 1.82) is 0 Å². The number of hydrogen-bond donors (Lipinski definition) is 1. The Kier molecular flexibility index (Phi) is 6.35. The summed E-state index contributed by atoms with van der Waals surface area (Å²) in [4.78, 5) is 27.6. The number of hydrogen-bond acceptors (Lipinski definition) is 3. The van der Waals surface area contributed by atoms with Crippen LogP contribution in [0.2, 0.25) is 0 Å². The van der Waals surface area contributed by atoms with E-state index in [-0.39, 0.29) is 39.5 Å². The molecule has 4 fully saturated rings. The van der Waals surface area contributed by atoms with Crippen LogP contribution in [0.4, 0.5) is 0 Å². The van der Waals surface area contributed by atoms with Crippen LogP contribution in [0.1, 0.15) is 127 Å². The molecule has 5 aliphatic carbocycles. The highest BCUT2D eigenvalue weighted by Gasteiger charge is 2.70. The zero-order valence-electron chi connectivity index (χ0n) is 25.3. The van der Waals surface area contributed by atoms with Crippen LogP contribution in [0.15, 0.2) is 11.1 Å². The molecule has 3 nitrogen and oxygen atoms in total. The Labute approximate surface area is 226 Å². The third-order valence-electron chi connectivity index (χ3n) is 13.5. The Morgan fingerprint density at radius 1 is 0.865 bits per heavy atom. The van der Waals surface area contributed by atoms with E-state index in [2.05, 4.69) is 62.3 Å². The molecule has 0 saturated heterocycles. The van der Waals surface area contributed by atoms with E-state index in [9.17, 15) is 14.7 Å². The molecule has 0 spiro atoms. The number of Topliss-reactive ketones (excluding diaryl/α,β-unsaturated/α-hetero) is 2. The maximum Gasteiger partial charge on any atom is 0.160 e. The highest BCUT2D eigenvalue weighted by Crippen LogP contribution is 2.76. The first-order valence-corrected chi connectivity index (χ1v) is 15.6. The largest absolute Gasteiger partial charge is 0.393 e. The maximum atomic E-state index is 14.0. The minimum absolute atomic E-state index is 0.0394. The first-order valence-electron chi connectivity index (χ1n) is 15.6. The summed E-state index contributed by atoms with van der Waals surface area (Å²) in [6.45, 7) is 21.0. The second-order valence-corrected chi connectivity index (χ2v) is 16.2. The maximum absolute atomic E-state index is 14.0. The Balaban J connectivity index is 1.61. The molecular weight excluding hydrogens is 456 g/mol. The highest BCUT2D eigenvalue weighted by molar-refractivity contribution is 6.07. The Hall–Kier alpha value is -0.960. The fraction of sp³-hybridized carbons (Fsp3) is 0.882. The molecule has 5 aliphatic rings. The van der Waals surface area contributed by atoms with Gasteiger partial charge in [-0.15, -0.1) is 0 Å². The molecule has 4 saturated carbocycles. The quantitative estimate of drug-likeness (QED) is 0.417. The van der Waals surface area contributed by atoms with Gasteiger partial charge in [0.2, 0.25) is 0 Å². The molecule has 0 aliphatic heterocycles. The van der Waals surface area contributed by atoms with Gasteiger partial charge in [-0.05, 0) is 114 Å². The predicted octanol–water partition coefficient (Wildman–Crippen LogP) is 7.94. The van der Waals surface area contributed by atoms with Crippen molar-refractivity contribution in [3.63, 3.8) is 0 Å². The third kappa shape index (κ3) is 3.47. The molecule has 1 N–H and O–H groups in total. The fourth-order valence-corrected chi connectivity index (χ4v) is 11.5. The standard InChI is InChI=1S/C34H54O3/c1-20(2)18-27(37)34-17-16-32(8)22(29(34)28(21(3)4)23(35)19-34)10-11-25-31(7)14-13-26(36)30(5,6)24(31)12-15-33(25,32)9/h20-22,24-26,36H,10-19H2,1-9H3/t22-,24+,25-,26+,31+,32-,33-,34+/m1/s1. The van der Waals surface area contributed by atoms with Crippen LogP contribution in [0.25, 0.3) is 0 Å². The van der Waals surface area contributed by atoms with Crippen LogP contribution in [0.3, 0.4) is 0 Å². The zero-order chi connectivity index (χ0) is 27.3. The van der Waals surface area contributed by atoms with Crippen molar-refractivity contribution in [3.05, 3.63) is 11.1 Å². The topological polar surface area (TPSA) is 54.4 Å². The monoisotopic (exact) mass is 510 g/mol. The predicted molar refractivity (Wildman–Crippen MR) is 150 cm³/mol. The SMILES string of the molecule is CC(C)CC(=O)[C@@]12CC[C@]3(C)[C@H](CC[C@@H]4[C@@]5(C)CC[C@H](O)C(C)(C)[C@@H]5CC[C@]43C)C1=C(C(C)C)C(=O)C2. The van der Waals surface area contributed by atoms with E-state index in [0.717, 1.165) is 37.7 Å². The lowest BCUT2D eigenvalue weighted by Crippen LogP contribution is -2.65. The van der Waals surface area contributed by atoms with E-state index < -0.39 is 5.41 Å². The summed E-state index contributed by atoms with van der Waals surface area (Å²) in [5, 5.41) is 11.0. The van der Waals surface area contributed by atoms with Crippen molar-refractivity contribution in [1.82, 2.24) is 0 Å². The van der Waals surface area contributed by atoms with Gasteiger partial charge in [0.15, 0.2) is 5.78 Å². The highest BCUT2D eigenvalue weighted by atomic mass is 16.3. The number of rotatable bonds is 4. The number of aliphatic hydroxyl groups is 1. The molecule has 8 atom stereocenters. The van der Waals surface area contributed by atoms with Gasteiger partial charge in [-0.2, -0.15) is 0 Å². The molecule has 0 bridgehead atoms. The second kappa shape index (κ2) is 8.52. The Morgan fingerprint density at radius 2 is 1.54 bits per heavy atom. The molecule has 0 heterocycles. The fourth-order valence-electron chi connectivity index (χ4n) is 11.5. The van der Waals surface area contributed by atoms with E-state index >= 15 is 0 Å². The van der Waals surface area contributed by atoms with Crippen LogP contribution in [0, 0.1) is 56.7 Å². The van der Waals surface area contributed by atoms with Crippen molar-refractivity contribution in [2.24, 2.45) is 56.7 Å². The van der Waals surface area contributed by atoms with Gasteiger partial charge in [0.1, 0.15) is 5.78 Å². The smallest absolute Gasteiger partial charge is 0.160 e. The molecular formula is C34H54O3. The van der Waals surface area contributed by atoms with Crippen molar-refractivity contribution >= 4 is 11.6 Å². The second-order valence-electron chi connectivity index (χ2n) is 16.2. The lowest BCUT2D eigenvalue weighted by Gasteiger charge is -2.72. The number of ketones is 2. The molecule has 0 aromatic carbocycles. The lowest BCUT2D eigenvalue weighted by atomic mass is 9.33. The minimum Gasteiger partial charge on any atom is -0.393 e. The van der Waals surface area contributed by atoms with E-state index in [1.54, 1.807) is 0 Å².